The molecule has 0 saturated heterocycles. The van der Waals surface area contributed by atoms with E-state index >= 15 is 0 Å². The van der Waals surface area contributed by atoms with E-state index in [1.165, 1.54) is 0 Å². The van der Waals surface area contributed by atoms with Gasteiger partial charge in [-0.25, -0.2) is 0 Å². The second kappa shape index (κ2) is 3.94. The molecule has 0 fully saturated rings. The van der Waals surface area contributed by atoms with Crippen molar-refractivity contribution >= 4 is 0 Å². The molecule has 0 amide bonds. The SMILES string of the molecule is CC(C)[C@@H](O)[C@@H](O)C(C)C. The molecule has 2 heteroatoms. The maximum absolute atomic E-state index is 9.32. The molecule has 0 unspecified atom stereocenters. The van der Waals surface area contributed by atoms with Crippen molar-refractivity contribution in [3.05, 3.63) is 0 Å². The Hall–Kier alpha value is -0.0800. The van der Waals surface area contributed by atoms with E-state index in [1.807, 2.05) is 27.7 Å². The third-order valence-electron chi connectivity index (χ3n) is 1.72. The van der Waals surface area contributed by atoms with E-state index in [-0.39, 0.29) is 11.8 Å². The van der Waals surface area contributed by atoms with Crippen molar-refractivity contribution in [2.45, 2.75) is 39.9 Å². The molecule has 0 rings (SSSR count). The van der Waals surface area contributed by atoms with Crippen LogP contribution in [-0.4, -0.2) is 22.4 Å². The minimum atomic E-state index is -0.583. The fourth-order valence-electron chi connectivity index (χ4n) is 0.789. The van der Waals surface area contributed by atoms with E-state index in [4.69, 9.17) is 0 Å². The summed E-state index contributed by atoms with van der Waals surface area (Å²) in [6.07, 6.45) is -1.17. The van der Waals surface area contributed by atoms with Crippen LogP contribution in [0.3, 0.4) is 0 Å². The summed E-state index contributed by atoms with van der Waals surface area (Å²) < 4.78 is 0. The van der Waals surface area contributed by atoms with Crippen molar-refractivity contribution in [3.63, 3.8) is 0 Å². The van der Waals surface area contributed by atoms with Gasteiger partial charge in [-0.15, -0.1) is 0 Å². The Morgan fingerprint density at radius 1 is 0.700 bits per heavy atom. The molecule has 62 valence electrons. The molecule has 2 N–H and O–H groups in total. The van der Waals surface area contributed by atoms with Crippen LogP contribution in [-0.2, 0) is 0 Å². The molecule has 0 heterocycles. The van der Waals surface area contributed by atoms with Gasteiger partial charge in [0.15, 0.2) is 0 Å². The summed E-state index contributed by atoms with van der Waals surface area (Å²) in [5.74, 6) is 0.273. The summed E-state index contributed by atoms with van der Waals surface area (Å²) in [6.45, 7) is 7.60. The lowest BCUT2D eigenvalue weighted by atomic mass is 9.94. The monoisotopic (exact) mass is 146 g/mol. The lowest BCUT2D eigenvalue weighted by Gasteiger charge is -2.23. The van der Waals surface area contributed by atoms with Gasteiger partial charge in [-0.05, 0) is 11.8 Å². The van der Waals surface area contributed by atoms with Crippen LogP contribution in [0.1, 0.15) is 27.7 Å². The molecule has 2 atom stereocenters. The number of aliphatic hydroxyl groups excluding tert-OH is 2. The van der Waals surface area contributed by atoms with Gasteiger partial charge in [-0.1, -0.05) is 27.7 Å². The molecule has 0 bridgehead atoms. The fourth-order valence-corrected chi connectivity index (χ4v) is 0.789. The summed E-state index contributed by atoms with van der Waals surface area (Å²) in [7, 11) is 0. The average molecular weight is 146 g/mol. The molecular formula is C8H18O2. The standard InChI is InChI=1S/C8H18O2/c1-5(2)7(9)8(10)6(3)4/h5-10H,1-4H3/t7-,8+. The van der Waals surface area contributed by atoms with Crippen LogP contribution in [0, 0.1) is 11.8 Å². The topological polar surface area (TPSA) is 40.5 Å². The quantitative estimate of drug-likeness (QED) is 0.624. The first-order chi connectivity index (χ1) is 4.46. The van der Waals surface area contributed by atoms with Gasteiger partial charge in [-0.2, -0.15) is 0 Å². The molecule has 0 saturated carbocycles. The number of aliphatic hydroxyl groups is 2. The van der Waals surface area contributed by atoms with E-state index in [1.54, 1.807) is 0 Å². The zero-order chi connectivity index (χ0) is 8.31. The van der Waals surface area contributed by atoms with Crippen LogP contribution >= 0.6 is 0 Å². The van der Waals surface area contributed by atoms with Crippen LogP contribution in [0.25, 0.3) is 0 Å². The summed E-state index contributed by atoms with van der Waals surface area (Å²) in [6, 6.07) is 0. The summed E-state index contributed by atoms with van der Waals surface area (Å²) in [5, 5.41) is 18.6. The van der Waals surface area contributed by atoms with Crippen molar-refractivity contribution in [2.75, 3.05) is 0 Å². The third kappa shape index (κ3) is 2.67. The second-order valence-corrected chi connectivity index (χ2v) is 3.47. The van der Waals surface area contributed by atoms with Crippen molar-refractivity contribution < 1.29 is 10.2 Å². The Kier molecular flexibility index (Phi) is 3.91. The Balaban J connectivity index is 3.81. The maximum atomic E-state index is 9.32. The predicted octanol–water partition coefficient (Wildman–Crippen LogP) is 1.02. The number of hydrogen-bond acceptors (Lipinski definition) is 2. The minimum absolute atomic E-state index is 0.136. The smallest absolute Gasteiger partial charge is 0.0824 e. The summed E-state index contributed by atoms with van der Waals surface area (Å²) in [5.41, 5.74) is 0. The highest BCUT2D eigenvalue weighted by molar-refractivity contribution is 4.72. The van der Waals surface area contributed by atoms with Crippen molar-refractivity contribution in [1.82, 2.24) is 0 Å². The third-order valence-corrected chi connectivity index (χ3v) is 1.72. The molecule has 10 heavy (non-hydrogen) atoms. The van der Waals surface area contributed by atoms with Gasteiger partial charge in [0.25, 0.3) is 0 Å². The summed E-state index contributed by atoms with van der Waals surface area (Å²) in [4.78, 5) is 0. The molecule has 0 aliphatic rings. The first-order valence-corrected chi connectivity index (χ1v) is 3.83. The minimum Gasteiger partial charge on any atom is -0.390 e. The van der Waals surface area contributed by atoms with Gasteiger partial charge in [0, 0.05) is 0 Å². The Bertz CT molecular complexity index is 77.3. The molecule has 0 aromatic rings. The highest BCUT2D eigenvalue weighted by atomic mass is 16.3. The molecule has 0 aromatic heterocycles. The molecule has 0 radical (unpaired) electrons. The van der Waals surface area contributed by atoms with E-state index in [0.717, 1.165) is 0 Å². The van der Waals surface area contributed by atoms with Crippen LogP contribution in [0.15, 0.2) is 0 Å². The van der Waals surface area contributed by atoms with E-state index < -0.39 is 12.2 Å². The van der Waals surface area contributed by atoms with Gasteiger partial charge in [-0.3, -0.25) is 0 Å². The maximum Gasteiger partial charge on any atom is 0.0824 e. The van der Waals surface area contributed by atoms with Gasteiger partial charge < -0.3 is 10.2 Å². The predicted molar refractivity (Wildman–Crippen MR) is 41.7 cm³/mol. The van der Waals surface area contributed by atoms with Gasteiger partial charge in [0.05, 0.1) is 12.2 Å². The van der Waals surface area contributed by atoms with E-state index in [9.17, 15) is 10.2 Å². The molecule has 0 spiro atoms. The highest BCUT2D eigenvalue weighted by Crippen LogP contribution is 2.12. The summed E-state index contributed by atoms with van der Waals surface area (Å²) >= 11 is 0. The van der Waals surface area contributed by atoms with Crippen LogP contribution < -0.4 is 0 Å². The largest absolute Gasteiger partial charge is 0.390 e. The Labute approximate surface area is 62.9 Å². The average Bonchev–Trinajstić information content (AvgIpc) is 1.84. The van der Waals surface area contributed by atoms with Crippen molar-refractivity contribution in [3.8, 4) is 0 Å². The van der Waals surface area contributed by atoms with E-state index in [0.29, 0.717) is 0 Å². The molecule has 0 aliphatic heterocycles. The van der Waals surface area contributed by atoms with Crippen LogP contribution in [0.2, 0.25) is 0 Å². The van der Waals surface area contributed by atoms with Crippen molar-refractivity contribution in [2.24, 2.45) is 11.8 Å². The van der Waals surface area contributed by atoms with Crippen LogP contribution in [0.4, 0.5) is 0 Å². The molecule has 2 nitrogen and oxygen atoms in total. The number of hydrogen-bond donors (Lipinski definition) is 2. The lowest BCUT2D eigenvalue weighted by molar-refractivity contribution is -0.0320. The highest BCUT2D eigenvalue weighted by Gasteiger charge is 2.21. The Morgan fingerprint density at radius 2 is 0.900 bits per heavy atom. The second-order valence-electron chi connectivity index (χ2n) is 3.47. The molecule has 0 aromatic carbocycles. The normalized spacial score (nSPS) is 18.0. The molecule has 0 aliphatic carbocycles. The van der Waals surface area contributed by atoms with Gasteiger partial charge in [0.2, 0.25) is 0 Å². The fraction of sp³-hybridized carbons (Fsp3) is 1.00. The molecular weight excluding hydrogens is 128 g/mol. The zero-order valence-electron chi connectivity index (χ0n) is 7.20. The lowest BCUT2D eigenvalue weighted by Crippen LogP contribution is -2.34. The Morgan fingerprint density at radius 3 is 1.00 bits per heavy atom. The first kappa shape index (κ1) is 9.92. The van der Waals surface area contributed by atoms with Gasteiger partial charge >= 0.3 is 0 Å². The van der Waals surface area contributed by atoms with Gasteiger partial charge in [0.1, 0.15) is 0 Å². The van der Waals surface area contributed by atoms with E-state index in [2.05, 4.69) is 0 Å². The number of rotatable bonds is 3. The van der Waals surface area contributed by atoms with Crippen LogP contribution in [0.5, 0.6) is 0 Å². The van der Waals surface area contributed by atoms with Crippen molar-refractivity contribution in [1.29, 1.82) is 0 Å². The zero-order valence-corrected chi connectivity index (χ0v) is 7.20. The first-order valence-electron chi connectivity index (χ1n) is 3.83.